The fraction of sp³-hybridized carbons (Fsp3) is 0.571. The van der Waals surface area contributed by atoms with E-state index < -0.39 is 23.9 Å². The van der Waals surface area contributed by atoms with Gasteiger partial charge in [-0.15, -0.1) is 0 Å². The van der Waals surface area contributed by atoms with Crippen molar-refractivity contribution in [2.24, 2.45) is 5.92 Å². The summed E-state index contributed by atoms with van der Waals surface area (Å²) in [5, 5.41) is 10.2. The van der Waals surface area contributed by atoms with Gasteiger partial charge in [0.25, 0.3) is 0 Å². The summed E-state index contributed by atoms with van der Waals surface area (Å²) in [6.45, 7) is 5.90. The summed E-state index contributed by atoms with van der Waals surface area (Å²) in [4.78, 5) is 0. The number of benzene rings is 1. The number of rotatable bonds is 5. The Balaban J connectivity index is 3.01. The van der Waals surface area contributed by atoms with Gasteiger partial charge in [0.2, 0.25) is 0 Å². The molecule has 0 bridgehead atoms. The van der Waals surface area contributed by atoms with E-state index in [2.05, 4.69) is 0 Å². The van der Waals surface area contributed by atoms with E-state index in [-0.39, 0.29) is 11.5 Å². The van der Waals surface area contributed by atoms with Gasteiger partial charge in [-0.2, -0.15) is 13.2 Å². The van der Waals surface area contributed by atoms with E-state index in [9.17, 15) is 18.3 Å². The number of aliphatic hydroxyl groups is 1. The van der Waals surface area contributed by atoms with E-state index in [1.807, 2.05) is 13.8 Å². The lowest BCUT2D eigenvalue weighted by Gasteiger charge is -2.26. The van der Waals surface area contributed by atoms with Crippen LogP contribution in [0.25, 0.3) is 0 Å². The van der Waals surface area contributed by atoms with E-state index in [0.717, 1.165) is 12.1 Å². The summed E-state index contributed by atoms with van der Waals surface area (Å²) in [5.41, 5.74) is -0.537. The molecule has 0 aliphatic rings. The molecular formula is C14H19F3O2. The molecule has 0 aromatic heterocycles. The van der Waals surface area contributed by atoms with Gasteiger partial charge in [0, 0.05) is 6.61 Å². The van der Waals surface area contributed by atoms with Crippen molar-refractivity contribution in [2.75, 3.05) is 6.61 Å². The predicted molar refractivity (Wildman–Crippen MR) is 66.7 cm³/mol. The molecule has 19 heavy (non-hydrogen) atoms. The van der Waals surface area contributed by atoms with Crippen LogP contribution in [0.1, 0.15) is 38.0 Å². The second-order valence-electron chi connectivity index (χ2n) is 4.73. The summed E-state index contributed by atoms with van der Waals surface area (Å²) in [7, 11) is 0. The van der Waals surface area contributed by atoms with Crippen molar-refractivity contribution >= 4 is 0 Å². The van der Waals surface area contributed by atoms with Gasteiger partial charge in [-0.1, -0.05) is 26.0 Å². The Morgan fingerprint density at radius 3 is 2.37 bits per heavy atom. The number of aliphatic hydroxyl groups excluding tert-OH is 1. The van der Waals surface area contributed by atoms with Crippen LogP contribution in [0.5, 0.6) is 0 Å². The zero-order valence-corrected chi connectivity index (χ0v) is 11.2. The minimum Gasteiger partial charge on any atom is -0.386 e. The van der Waals surface area contributed by atoms with Crippen molar-refractivity contribution in [1.82, 2.24) is 0 Å². The number of hydrogen-bond acceptors (Lipinski definition) is 2. The number of alkyl halides is 3. The molecule has 0 heterocycles. The normalized spacial score (nSPS) is 15.6. The van der Waals surface area contributed by atoms with Crippen molar-refractivity contribution in [2.45, 2.75) is 39.2 Å². The van der Waals surface area contributed by atoms with Crippen molar-refractivity contribution in [3.05, 3.63) is 35.4 Å². The minimum absolute atomic E-state index is 0.00416. The highest BCUT2D eigenvalue weighted by Crippen LogP contribution is 2.32. The molecule has 0 radical (unpaired) electrons. The molecule has 0 saturated heterocycles. The third-order valence-electron chi connectivity index (χ3n) is 2.88. The summed E-state index contributed by atoms with van der Waals surface area (Å²) >= 11 is 0. The van der Waals surface area contributed by atoms with Crippen LogP contribution in [0.3, 0.4) is 0 Å². The molecule has 5 heteroatoms. The van der Waals surface area contributed by atoms with Crippen molar-refractivity contribution < 1.29 is 23.0 Å². The molecule has 0 aliphatic heterocycles. The standard InChI is InChI=1S/C14H19F3O2/c1-4-19-13(9(2)3)12(18)10-6-5-7-11(8-10)14(15,16)17/h5-9,12-13,18H,4H2,1-3H3. The third-order valence-corrected chi connectivity index (χ3v) is 2.88. The summed E-state index contributed by atoms with van der Waals surface area (Å²) < 4.78 is 43.3. The third kappa shape index (κ3) is 4.21. The Hall–Kier alpha value is -1.07. The molecule has 2 unspecified atom stereocenters. The van der Waals surface area contributed by atoms with Crippen LogP contribution in [0.2, 0.25) is 0 Å². The highest BCUT2D eigenvalue weighted by atomic mass is 19.4. The predicted octanol–water partition coefficient (Wildman–Crippen LogP) is 3.80. The van der Waals surface area contributed by atoms with Crippen LogP contribution in [-0.2, 0) is 10.9 Å². The van der Waals surface area contributed by atoms with Crippen molar-refractivity contribution in [1.29, 1.82) is 0 Å². The SMILES string of the molecule is CCOC(C(C)C)C(O)c1cccc(C(F)(F)F)c1. The highest BCUT2D eigenvalue weighted by molar-refractivity contribution is 5.27. The first kappa shape index (κ1) is 16.0. The molecule has 0 saturated carbocycles. The van der Waals surface area contributed by atoms with Gasteiger partial charge in [0.1, 0.15) is 6.10 Å². The number of halogens is 3. The van der Waals surface area contributed by atoms with Gasteiger partial charge in [0.05, 0.1) is 11.7 Å². The van der Waals surface area contributed by atoms with Crippen molar-refractivity contribution in [3.8, 4) is 0 Å². The molecular weight excluding hydrogens is 257 g/mol. The summed E-state index contributed by atoms with van der Waals surface area (Å²) in [6, 6.07) is 4.74. The zero-order chi connectivity index (χ0) is 14.6. The Kier molecular flexibility index (Phi) is 5.38. The summed E-state index contributed by atoms with van der Waals surface area (Å²) in [5.74, 6) is 0.00416. The molecule has 2 nitrogen and oxygen atoms in total. The average molecular weight is 276 g/mol. The highest BCUT2D eigenvalue weighted by Gasteiger charge is 2.32. The Labute approximate surface area is 111 Å². The molecule has 1 N–H and O–H groups in total. The van der Waals surface area contributed by atoms with Crippen molar-refractivity contribution in [3.63, 3.8) is 0 Å². The van der Waals surface area contributed by atoms with E-state index in [1.165, 1.54) is 12.1 Å². The first-order valence-corrected chi connectivity index (χ1v) is 6.24. The zero-order valence-electron chi connectivity index (χ0n) is 11.2. The molecule has 1 aromatic rings. The lowest BCUT2D eigenvalue weighted by Crippen LogP contribution is -2.28. The van der Waals surface area contributed by atoms with Crippen LogP contribution in [0, 0.1) is 5.92 Å². The first-order valence-electron chi connectivity index (χ1n) is 6.24. The average Bonchev–Trinajstić information content (AvgIpc) is 2.34. The number of hydrogen-bond donors (Lipinski definition) is 1. The number of ether oxygens (including phenoxy) is 1. The van der Waals surface area contributed by atoms with E-state index in [0.29, 0.717) is 6.61 Å². The van der Waals surface area contributed by atoms with Gasteiger partial charge in [-0.05, 0) is 30.5 Å². The maximum absolute atomic E-state index is 12.6. The van der Waals surface area contributed by atoms with Crippen LogP contribution >= 0.6 is 0 Å². The lowest BCUT2D eigenvalue weighted by atomic mass is 9.95. The first-order chi connectivity index (χ1) is 8.77. The monoisotopic (exact) mass is 276 g/mol. The smallest absolute Gasteiger partial charge is 0.386 e. The van der Waals surface area contributed by atoms with Gasteiger partial charge in [-0.25, -0.2) is 0 Å². The topological polar surface area (TPSA) is 29.5 Å². The molecule has 2 atom stereocenters. The second-order valence-corrected chi connectivity index (χ2v) is 4.73. The molecule has 0 fully saturated rings. The maximum Gasteiger partial charge on any atom is 0.416 e. The van der Waals surface area contributed by atoms with Gasteiger partial charge in [-0.3, -0.25) is 0 Å². The Morgan fingerprint density at radius 2 is 1.89 bits per heavy atom. The molecule has 0 aliphatic carbocycles. The Morgan fingerprint density at radius 1 is 1.26 bits per heavy atom. The largest absolute Gasteiger partial charge is 0.416 e. The molecule has 108 valence electrons. The van der Waals surface area contributed by atoms with E-state index >= 15 is 0 Å². The maximum atomic E-state index is 12.6. The fourth-order valence-electron chi connectivity index (χ4n) is 1.93. The van der Waals surface area contributed by atoms with E-state index in [1.54, 1.807) is 6.92 Å². The molecule has 1 rings (SSSR count). The molecule has 0 amide bonds. The van der Waals surface area contributed by atoms with Crippen LogP contribution in [-0.4, -0.2) is 17.8 Å². The molecule has 0 spiro atoms. The second kappa shape index (κ2) is 6.39. The van der Waals surface area contributed by atoms with Gasteiger partial charge in [0.15, 0.2) is 0 Å². The van der Waals surface area contributed by atoms with Gasteiger partial charge >= 0.3 is 6.18 Å². The van der Waals surface area contributed by atoms with Crippen LogP contribution < -0.4 is 0 Å². The minimum atomic E-state index is -4.41. The summed E-state index contributed by atoms with van der Waals surface area (Å²) in [6.07, 6.45) is -6.00. The fourth-order valence-corrected chi connectivity index (χ4v) is 1.93. The van der Waals surface area contributed by atoms with E-state index in [4.69, 9.17) is 4.74 Å². The molecule has 1 aromatic carbocycles. The Bertz CT molecular complexity index is 402. The van der Waals surface area contributed by atoms with Gasteiger partial charge < -0.3 is 9.84 Å². The lowest BCUT2D eigenvalue weighted by molar-refractivity contribution is -0.137. The van der Waals surface area contributed by atoms with Crippen LogP contribution in [0.4, 0.5) is 13.2 Å². The quantitative estimate of drug-likeness (QED) is 0.886. The van der Waals surface area contributed by atoms with Crippen LogP contribution in [0.15, 0.2) is 24.3 Å².